The van der Waals surface area contributed by atoms with E-state index in [0.29, 0.717) is 17.9 Å². The Hall–Kier alpha value is -3.02. The quantitative estimate of drug-likeness (QED) is 0.832. The molecule has 0 saturated heterocycles. The van der Waals surface area contributed by atoms with E-state index in [1.54, 1.807) is 31.2 Å². The van der Waals surface area contributed by atoms with Crippen LogP contribution in [-0.2, 0) is 11.3 Å². The third-order valence-electron chi connectivity index (χ3n) is 2.90. The van der Waals surface area contributed by atoms with Gasteiger partial charge in [-0.05, 0) is 30.7 Å². The molecule has 0 aromatic heterocycles. The van der Waals surface area contributed by atoms with Crippen molar-refractivity contribution in [2.45, 2.75) is 13.5 Å². The molecule has 6 nitrogen and oxygen atoms in total. The van der Waals surface area contributed by atoms with E-state index in [-0.39, 0.29) is 6.61 Å². The fraction of sp³-hybridized carbons (Fsp3) is 0.176. The Morgan fingerprint density at radius 1 is 1.00 bits per heavy atom. The molecule has 0 fully saturated rings. The molecular weight excluding hydrogens is 296 g/mol. The maximum Gasteiger partial charge on any atom is 0.426 e. The maximum atomic E-state index is 11.9. The number of benzene rings is 2. The minimum atomic E-state index is -0.711. The number of carbonyl (C=O) groups is 2. The van der Waals surface area contributed by atoms with Crippen LogP contribution in [0.4, 0.5) is 4.79 Å². The zero-order chi connectivity index (χ0) is 16.5. The van der Waals surface area contributed by atoms with E-state index in [4.69, 9.17) is 4.74 Å². The van der Waals surface area contributed by atoms with Gasteiger partial charge in [-0.1, -0.05) is 36.4 Å². The molecule has 2 rings (SSSR count). The van der Waals surface area contributed by atoms with Crippen LogP contribution in [0.3, 0.4) is 0 Å². The molecule has 0 radical (unpaired) electrons. The van der Waals surface area contributed by atoms with E-state index < -0.39 is 12.0 Å². The molecule has 0 aliphatic heterocycles. The molecule has 2 aromatic rings. The van der Waals surface area contributed by atoms with Gasteiger partial charge in [-0.2, -0.15) is 0 Å². The third-order valence-corrected chi connectivity index (χ3v) is 2.90. The monoisotopic (exact) mass is 314 g/mol. The smallest absolute Gasteiger partial charge is 0.426 e. The van der Waals surface area contributed by atoms with Gasteiger partial charge in [-0.15, -0.1) is 0 Å². The molecule has 0 heterocycles. The number of hydrogen-bond donors (Lipinski definition) is 2. The number of carbonyl (C=O) groups excluding carboxylic acids is 2. The fourth-order valence-corrected chi connectivity index (χ4v) is 1.82. The number of amides is 2. The van der Waals surface area contributed by atoms with Crippen molar-refractivity contribution in [1.82, 2.24) is 10.9 Å². The van der Waals surface area contributed by atoms with E-state index in [9.17, 15) is 9.59 Å². The van der Waals surface area contributed by atoms with Gasteiger partial charge in [-0.25, -0.2) is 10.2 Å². The highest BCUT2D eigenvalue weighted by molar-refractivity contribution is 5.95. The van der Waals surface area contributed by atoms with Gasteiger partial charge in [0.15, 0.2) is 0 Å². The zero-order valence-corrected chi connectivity index (χ0v) is 12.7. The summed E-state index contributed by atoms with van der Waals surface area (Å²) < 4.78 is 10.3. The minimum absolute atomic E-state index is 0.227. The summed E-state index contributed by atoms with van der Waals surface area (Å²) in [5, 5.41) is 0. The van der Waals surface area contributed by atoms with E-state index in [1.165, 1.54) is 0 Å². The molecule has 0 unspecified atom stereocenters. The second-order valence-electron chi connectivity index (χ2n) is 4.60. The van der Waals surface area contributed by atoms with Gasteiger partial charge in [0.2, 0.25) is 0 Å². The second-order valence-corrected chi connectivity index (χ2v) is 4.60. The first-order chi connectivity index (χ1) is 11.2. The first-order valence-electron chi connectivity index (χ1n) is 7.19. The van der Waals surface area contributed by atoms with Crippen molar-refractivity contribution < 1.29 is 19.1 Å². The van der Waals surface area contributed by atoms with E-state index in [2.05, 4.69) is 15.6 Å². The van der Waals surface area contributed by atoms with Gasteiger partial charge in [0.1, 0.15) is 12.4 Å². The van der Waals surface area contributed by atoms with Crippen LogP contribution in [0.25, 0.3) is 0 Å². The molecule has 0 aliphatic rings. The summed E-state index contributed by atoms with van der Waals surface area (Å²) in [5.41, 5.74) is 5.82. The van der Waals surface area contributed by atoms with Gasteiger partial charge in [0.05, 0.1) is 6.61 Å². The van der Waals surface area contributed by atoms with Crippen LogP contribution in [0.1, 0.15) is 22.8 Å². The molecule has 0 atom stereocenters. The van der Waals surface area contributed by atoms with Crippen molar-refractivity contribution in [1.29, 1.82) is 0 Å². The Labute approximate surface area is 134 Å². The average Bonchev–Trinajstić information content (AvgIpc) is 2.59. The standard InChI is InChI=1S/C17H18N2O4/c1-2-22-17(21)19-18-16(20)14-9-6-10-15(11-14)23-12-13-7-4-3-5-8-13/h3-11H,2,12H2,1H3,(H,18,20)(H,19,21). The Balaban J connectivity index is 1.91. The van der Waals surface area contributed by atoms with Crippen molar-refractivity contribution in [3.8, 4) is 5.75 Å². The Morgan fingerprint density at radius 2 is 1.78 bits per heavy atom. The first-order valence-corrected chi connectivity index (χ1v) is 7.19. The first kappa shape index (κ1) is 16.4. The summed E-state index contributed by atoms with van der Waals surface area (Å²) in [4.78, 5) is 23.1. The minimum Gasteiger partial charge on any atom is -0.489 e. The summed E-state index contributed by atoms with van der Waals surface area (Å²) in [6.07, 6.45) is -0.711. The van der Waals surface area contributed by atoms with Crippen LogP contribution >= 0.6 is 0 Å². The van der Waals surface area contributed by atoms with E-state index in [1.807, 2.05) is 30.3 Å². The molecule has 0 aliphatic carbocycles. The Morgan fingerprint density at radius 3 is 2.52 bits per heavy atom. The number of ether oxygens (including phenoxy) is 2. The van der Waals surface area contributed by atoms with Crippen LogP contribution in [0, 0.1) is 0 Å². The van der Waals surface area contributed by atoms with Crippen LogP contribution in [0.5, 0.6) is 5.75 Å². The van der Waals surface area contributed by atoms with Crippen molar-refractivity contribution in [3.05, 3.63) is 65.7 Å². The lowest BCUT2D eigenvalue weighted by atomic mass is 10.2. The summed E-state index contributed by atoms with van der Waals surface area (Å²) in [6.45, 7) is 2.31. The van der Waals surface area contributed by atoms with Crippen molar-refractivity contribution in [3.63, 3.8) is 0 Å². The lowest BCUT2D eigenvalue weighted by Crippen LogP contribution is -2.41. The van der Waals surface area contributed by atoms with Gasteiger partial charge >= 0.3 is 6.09 Å². The van der Waals surface area contributed by atoms with Crippen LogP contribution in [-0.4, -0.2) is 18.6 Å². The lowest BCUT2D eigenvalue weighted by molar-refractivity contribution is 0.0912. The molecule has 0 spiro atoms. The Bertz CT molecular complexity index is 659. The van der Waals surface area contributed by atoms with E-state index in [0.717, 1.165) is 5.56 Å². The summed E-state index contributed by atoms with van der Waals surface area (Å²) >= 11 is 0. The highest BCUT2D eigenvalue weighted by atomic mass is 16.6. The molecule has 2 N–H and O–H groups in total. The third kappa shape index (κ3) is 5.35. The van der Waals surface area contributed by atoms with Gasteiger partial charge in [0.25, 0.3) is 5.91 Å². The summed E-state index contributed by atoms with van der Waals surface area (Å²) in [6, 6.07) is 16.4. The number of nitrogens with one attached hydrogen (secondary N) is 2. The highest BCUT2D eigenvalue weighted by Gasteiger charge is 2.08. The molecule has 23 heavy (non-hydrogen) atoms. The van der Waals surface area contributed by atoms with Crippen molar-refractivity contribution >= 4 is 12.0 Å². The largest absolute Gasteiger partial charge is 0.489 e. The van der Waals surface area contributed by atoms with Crippen molar-refractivity contribution in [2.24, 2.45) is 0 Å². The average molecular weight is 314 g/mol. The molecule has 6 heteroatoms. The summed E-state index contributed by atoms with van der Waals surface area (Å²) in [5.74, 6) is 0.112. The number of rotatable bonds is 5. The predicted octanol–water partition coefficient (Wildman–Crippen LogP) is 2.66. The topological polar surface area (TPSA) is 76.7 Å². The van der Waals surface area contributed by atoms with Crippen LogP contribution in [0.15, 0.2) is 54.6 Å². The Kier molecular flexibility index (Phi) is 5.99. The van der Waals surface area contributed by atoms with E-state index >= 15 is 0 Å². The maximum absolute atomic E-state index is 11.9. The SMILES string of the molecule is CCOC(=O)NNC(=O)c1cccc(OCc2ccccc2)c1. The van der Waals surface area contributed by atoms with Gasteiger partial charge < -0.3 is 9.47 Å². The number of hydrogen-bond acceptors (Lipinski definition) is 4. The molecule has 0 bridgehead atoms. The predicted molar refractivity (Wildman–Crippen MR) is 84.8 cm³/mol. The van der Waals surface area contributed by atoms with Crippen molar-refractivity contribution in [2.75, 3.05) is 6.61 Å². The van der Waals surface area contributed by atoms with Crippen LogP contribution < -0.4 is 15.6 Å². The normalized spacial score (nSPS) is 9.78. The molecule has 2 amide bonds. The van der Waals surface area contributed by atoms with Crippen LogP contribution in [0.2, 0.25) is 0 Å². The lowest BCUT2D eigenvalue weighted by Gasteiger charge is -2.09. The van der Waals surface area contributed by atoms with Gasteiger partial charge in [0, 0.05) is 5.56 Å². The summed E-state index contributed by atoms with van der Waals surface area (Å²) in [7, 11) is 0. The molecular formula is C17H18N2O4. The second kappa shape index (κ2) is 8.43. The molecule has 120 valence electrons. The van der Waals surface area contributed by atoms with Gasteiger partial charge in [-0.3, -0.25) is 10.2 Å². The molecule has 0 saturated carbocycles. The molecule has 2 aromatic carbocycles. The fourth-order valence-electron chi connectivity index (χ4n) is 1.82. The zero-order valence-electron chi connectivity index (χ0n) is 12.7. The number of hydrazine groups is 1. The highest BCUT2D eigenvalue weighted by Crippen LogP contribution is 2.15.